The van der Waals surface area contributed by atoms with Gasteiger partial charge in [-0.1, -0.05) is 60.1 Å². The molecule has 44 heavy (non-hydrogen) atoms. The van der Waals surface area contributed by atoms with Gasteiger partial charge in [-0.25, -0.2) is 0 Å². The predicted octanol–water partition coefficient (Wildman–Crippen LogP) is 3.74. The number of nitrogens with one attached hydrogen (secondary N) is 3. The Bertz CT molecular complexity index is 1720. The first-order valence-corrected chi connectivity index (χ1v) is 15.1. The van der Waals surface area contributed by atoms with Crippen LogP contribution in [0.3, 0.4) is 0 Å². The fourth-order valence-electron chi connectivity index (χ4n) is 6.53. The molecule has 0 radical (unpaired) electrons. The maximum absolute atomic E-state index is 13.8. The number of hydrogen-bond acceptors (Lipinski definition) is 4. The number of hydrogen-bond donors (Lipinski definition) is 3. The number of nitrogens with zero attached hydrogens (tertiary/aromatic N) is 2. The third-order valence-electron chi connectivity index (χ3n) is 8.85. The third kappa shape index (κ3) is 6.05. The Morgan fingerprint density at radius 2 is 1.66 bits per heavy atom. The summed E-state index contributed by atoms with van der Waals surface area (Å²) in [6.45, 7) is 1.37. The van der Waals surface area contributed by atoms with Gasteiger partial charge >= 0.3 is 0 Å². The number of carbonyl (C=O) groups is 4. The van der Waals surface area contributed by atoms with Gasteiger partial charge in [-0.05, 0) is 52.8 Å². The van der Waals surface area contributed by atoms with Gasteiger partial charge in [-0.2, -0.15) is 0 Å². The topological polar surface area (TPSA) is 115 Å². The lowest BCUT2D eigenvalue weighted by atomic mass is 9.79. The van der Waals surface area contributed by atoms with Crippen LogP contribution >= 0.6 is 11.6 Å². The van der Waals surface area contributed by atoms with Crippen LogP contribution in [0.25, 0.3) is 22.0 Å². The van der Waals surface area contributed by atoms with Crippen molar-refractivity contribution in [2.24, 2.45) is 17.8 Å². The van der Waals surface area contributed by atoms with Crippen LogP contribution in [-0.2, 0) is 20.8 Å². The smallest absolute Gasteiger partial charge is 0.253 e. The second-order valence-electron chi connectivity index (χ2n) is 11.6. The highest BCUT2D eigenvalue weighted by atomic mass is 35.5. The number of fused-ring (bicyclic) bond motifs is 2. The van der Waals surface area contributed by atoms with Crippen molar-refractivity contribution in [3.63, 3.8) is 0 Å². The summed E-state index contributed by atoms with van der Waals surface area (Å²) in [6.07, 6.45) is 1.99. The second kappa shape index (κ2) is 12.5. The van der Waals surface area contributed by atoms with E-state index in [9.17, 15) is 19.2 Å². The molecule has 0 bridgehead atoms. The van der Waals surface area contributed by atoms with Crippen LogP contribution in [0.5, 0.6) is 0 Å². The average molecular weight is 612 g/mol. The molecule has 3 atom stereocenters. The number of aromatic nitrogens is 1. The van der Waals surface area contributed by atoms with E-state index in [0.29, 0.717) is 30.2 Å². The van der Waals surface area contributed by atoms with Crippen molar-refractivity contribution in [3.8, 4) is 11.1 Å². The largest absolute Gasteiger partial charge is 0.361 e. The molecule has 226 valence electrons. The molecule has 4 aromatic rings. The number of H-pyrrole nitrogens is 1. The van der Waals surface area contributed by atoms with Crippen molar-refractivity contribution in [1.29, 1.82) is 0 Å². The van der Waals surface area contributed by atoms with Crippen molar-refractivity contribution in [3.05, 3.63) is 95.1 Å². The number of piperidine rings is 1. The number of carbonyl (C=O) groups excluding carboxylic acids is 4. The van der Waals surface area contributed by atoms with Gasteiger partial charge in [0.15, 0.2) is 0 Å². The zero-order valence-corrected chi connectivity index (χ0v) is 25.1. The van der Waals surface area contributed by atoms with Gasteiger partial charge in [0, 0.05) is 60.9 Å². The number of likely N-dealkylation sites (N-methyl/N-ethyl adjacent to an activating group) is 1. The SMILES string of the molecule is CNC(=O)CNC(=O)C1CN(C(=O)Cc2c[nH]c3cc(Cl)ccc23)CC2CN(C(=O)c3cccc(-c4ccccc4)c3)CC21. The average Bonchev–Trinajstić information content (AvgIpc) is 3.66. The number of benzene rings is 3. The summed E-state index contributed by atoms with van der Waals surface area (Å²) in [7, 11) is 1.51. The summed E-state index contributed by atoms with van der Waals surface area (Å²) in [5.41, 5.74) is 4.27. The molecule has 2 fully saturated rings. The molecule has 0 spiro atoms. The minimum Gasteiger partial charge on any atom is -0.361 e. The van der Waals surface area contributed by atoms with Crippen molar-refractivity contribution < 1.29 is 19.2 Å². The van der Waals surface area contributed by atoms with Gasteiger partial charge in [0.2, 0.25) is 17.7 Å². The van der Waals surface area contributed by atoms with Gasteiger partial charge in [-0.3, -0.25) is 19.2 Å². The van der Waals surface area contributed by atoms with Crippen LogP contribution in [0.4, 0.5) is 0 Å². The molecule has 0 aliphatic carbocycles. The number of likely N-dealkylation sites (tertiary alicyclic amines) is 2. The second-order valence-corrected chi connectivity index (χ2v) is 12.0. The molecular formula is C34H34ClN5O4. The molecule has 1 aromatic heterocycles. The maximum atomic E-state index is 13.8. The van der Waals surface area contributed by atoms with Crippen LogP contribution in [0.2, 0.25) is 5.02 Å². The molecule has 3 heterocycles. The van der Waals surface area contributed by atoms with Gasteiger partial charge in [0.1, 0.15) is 0 Å². The summed E-state index contributed by atoms with van der Waals surface area (Å²) in [5.74, 6) is -1.56. The highest BCUT2D eigenvalue weighted by molar-refractivity contribution is 6.31. The minimum absolute atomic E-state index is 0.0773. The Labute approximate surface area is 260 Å². The zero-order chi connectivity index (χ0) is 30.8. The summed E-state index contributed by atoms with van der Waals surface area (Å²) >= 11 is 6.13. The monoisotopic (exact) mass is 611 g/mol. The van der Waals surface area contributed by atoms with Crippen molar-refractivity contribution in [2.75, 3.05) is 39.8 Å². The quantitative estimate of drug-likeness (QED) is 0.295. The molecule has 3 unspecified atom stereocenters. The molecule has 0 saturated carbocycles. The zero-order valence-electron chi connectivity index (χ0n) is 24.4. The number of rotatable bonds is 7. The third-order valence-corrected chi connectivity index (χ3v) is 9.08. The molecule has 2 saturated heterocycles. The lowest BCUT2D eigenvalue weighted by Crippen LogP contribution is -2.54. The standard InChI is InChI=1S/C34H34ClN5O4/c1-36-31(41)16-38-33(43)29-20-39(32(42)13-24-15-37-30-14-26(35)10-11-27(24)30)17-25-18-40(19-28(25)29)34(44)23-9-5-8-22(12-23)21-6-3-2-4-7-21/h2-12,14-15,25,28-29,37H,13,16-20H2,1H3,(H,36,41)(H,38,43). The maximum Gasteiger partial charge on any atom is 0.253 e. The van der Waals surface area contributed by atoms with Gasteiger partial charge < -0.3 is 25.4 Å². The van der Waals surface area contributed by atoms with Crippen LogP contribution in [-0.4, -0.2) is 78.2 Å². The van der Waals surface area contributed by atoms with Crippen LogP contribution in [0, 0.1) is 17.8 Å². The van der Waals surface area contributed by atoms with E-state index < -0.39 is 5.92 Å². The summed E-state index contributed by atoms with van der Waals surface area (Å²) < 4.78 is 0. The first-order valence-electron chi connectivity index (χ1n) is 14.8. The van der Waals surface area contributed by atoms with E-state index in [1.807, 2.05) is 72.9 Å². The van der Waals surface area contributed by atoms with E-state index in [1.165, 1.54) is 7.05 Å². The summed E-state index contributed by atoms with van der Waals surface area (Å²) in [4.78, 5) is 59.5. The van der Waals surface area contributed by atoms with Crippen LogP contribution in [0.1, 0.15) is 15.9 Å². The molecule has 2 aliphatic heterocycles. The summed E-state index contributed by atoms with van der Waals surface area (Å²) in [6, 6.07) is 23.0. The highest BCUT2D eigenvalue weighted by Gasteiger charge is 2.47. The normalized spacial score (nSPS) is 19.5. The molecule has 4 amide bonds. The van der Waals surface area contributed by atoms with E-state index >= 15 is 0 Å². The molecule has 2 aliphatic rings. The number of halogens is 1. The van der Waals surface area contributed by atoms with E-state index in [0.717, 1.165) is 27.6 Å². The Kier molecular flexibility index (Phi) is 8.39. The molecular weight excluding hydrogens is 578 g/mol. The first-order chi connectivity index (χ1) is 21.3. The van der Waals surface area contributed by atoms with Crippen molar-refractivity contribution >= 4 is 46.1 Å². The molecule has 3 N–H and O–H groups in total. The van der Waals surface area contributed by atoms with Gasteiger partial charge in [0.05, 0.1) is 18.9 Å². The highest BCUT2D eigenvalue weighted by Crippen LogP contribution is 2.37. The molecule has 9 nitrogen and oxygen atoms in total. The van der Waals surface area contributed by atoms with E-state index in [-0.39, 0.29) is 55.0 Å². The van der Waals surface area contributed by atoms with Gasteiger partial charge in [0.25, 0.3) is 5.91 Å². The van der Waals surface area contributed by atoms with Crippen molar-refractivity contribution in [2.45, 2.75) is 6.42 Å². The molecule has 6 rings (SSSR count). The minimum atomic E-state index is -0.558. The predicted molar refractivity (Wildman–Crippen MR) is 169 cm³/mol. The number of amides is 4. The van der Waals surface area contributed by atoms with E-state index in [2.05, 4.69) is 15.6 Å². The van der Waals surface area contributed by atoms with Crippen LogP contribution < -0.4 is 10.6 Å². The van der Waals surface area contributed by atoms with Crippen LogP contribution in [0.15, 0.2) is 79.0 Å². The lowest BCUT2D eigenvalue weighted by molar-refractivity contribution is -0.139. The Balaban J connectivity index is 1.21. The molecule has 3 aromatic carbocycles. The Morgan fingerprint density at radius 1 is 0.886 bits per heavy atom. The fourth-order valence-corrected chi connectivity index (χ4v) is 6.71. The van der Waals surface area contributed by atoms with E-state index in [1.54, 1.807) is 15.9 Å². The van der Waals surface area contributed by atoms with Crippen molar-refractivity contribution in [1.82, 2.24) is 25.4 Å². The Hall–Kier alpha value is -4.63. The fraction of sp³-hybridized carbons (Fsp3) is 0.294. The Morgan fingerprint density at radius 3 is 2.45 bits per heavy atom. The number of aromatic amines is 1. The first kappa shape index (κ1) is 29.4. The summed E-state index contributed by atoms with van der Waals surface area (Å²) in [5, 5.41) is 6.79. The van der Waals surface area contributed by atoms with E-state index in [4.69, 9.17) is 11.6 Å². The van der Waals surface area contributed by atoms with Gasteiger partial charge in [-0.15, -0.1) is 0 Å². The molecule has 10 heteroatoms. The lowest BCUT2D eigenvalue weighted by Gasteiger charge is -2.39.